The van der Waals surface area contributed by atoms with Crippen molar-refractivity contribution in [3.8, 4) is 33.9 Å². The fourth-order valence-electron chi connectivity index (χ4n) is 4.86. The highest BCUT2D eigenvalue weighted by molar-refractivity contribution is 6.30. The molecule has 0 saturated heterocycles. The minimum absolute atomic E-state index is 0.0478. The van der Waals surface area contributed by atoms with Crippen molar-refractivity contribution in [3.63, 3.8) is 0 Å². The Bertz CT molecular complexity index is 1690. The van der Waals surface area contributed by atoms with Crippen LogP contribution in [-0.4, -0.2) is 23.8 Å². The Balaban J connectivity index is 1.67. The van der Waals surface area contributed by atoms with E-state index in [9.17, 15) is 9.59 Å². The fraction of sp³-hybridized carbons (Fsp3) is 0.100. The van der Waals surface area contributed by atoms with Crippen LogP contribution in [0.15, 0.2) is 78.9 Å². The summed E-state index contributed by atoms with van der Waals surface area (Å²) in [5, 5.41) is 3.13. The summed E-state index contributed by atoms with van der Waals surface area (Å²) in [6, 6.07) is 25.2. The molecule has 0 radical (unpaired) electrons. The number of benzene rings is 4. The quantitative estimate of drug-likeness (QED) is 0.169. The van der Waals surface area contributed by atoms with Gasteiger partial charge < -0.3 is 9.47 Å². The zero-order valence-electron chi connectivity index (χ0n) is 19.3. The van der Waals surface area contributed by atoms with Crippen LogP contribution >= 0.6 is 0 Å². The van der Waals surface area contributed by atoms with Gasteiger partial charge in [-0.05, 0) is 40.6 Å². The van der Waals surface area contributed by atoms with E-state index in [1.54, 1.807) is 19.1 Å². The molecule has 0 spiro atoms. The molecule has 0 N–H and O–H groups in total. The minimum Gasteiger partial charge on any atom is -0.493 e. The van der Waals surface area contributed by atoms with Crippen molar-refractivity contribution < 1.29 is 19.1 Å². The highest BCUT2D eigenvalue weighted by atomic mass is 16.6. The van der Waals surface area contributed by atoms with Crippen molar-refractivity contribution in [2.24, 2.45) is 0 Å². The van der Waals surface area contributed by atoms with E-state index in [1.165, 1.54) is 7.11 Å². The van der Waals surface area contributed by atoms with E-state index in [0.29, 0.717) is 33.9 Å². The normalized spacial score (nSPS) is 12.0. The molecule has 0 amide bonds. The first kappa shape index (κ1) is 21.1. The van der Waals surface area contributed by atoms with Gasteiger partial charge >= 0.3 is 5.97 Å². The number of methoxy groups -OCH3 is 1. The van der Waals surface area contributed by atoms with Gasteiger partial charge in [-0.25, -0.2) is 4.98 Å². The number of hydrogen-bond donors (Lipinski definition) is 0. The molecule has 0 bridgehead atoms. The predicted molar refractivity (Wildman–Crippen MR) is 136 cm³/mol. The van der Waals surface area contributed by atoms with Gasteiger partial charge in [0.2, 0.25) is 0 Å². The van der Waals surface area contributed by atoms with Gasteiger partial charge in [0.05, 0.1) is 23.9 Å². The number of hydrogen-bond acceptors (Lipinski definition) is 5. The Hall–Kier alpha value is -4.51. The van der Waals surface area contributed by atoms with Crippen LogP contribution in [0.3, 0.4) is 0 Å². The molecule has 0 atom stereocenters. The Kier molecular flexibility index (Phi) is 4.85. The highest BCUT2D eigenvalue weighted by Crippen LogP contribution is 2.47. The van der Waals surface area contributed by atoms with E-state index < -0.39 is 0 Å². The lowest BCUT2D eigenvalue weighted by Gasteiger charge is -2.15. The van der Waals surface area contributed by atoms with Gasteiger partial charge in [-0.3, -0.25) is 9.59 Å². The second kappa shape index (κ2) is 8.06. The summed E-state index contributed by atoms with van der Waals surface area (Å²) in [5.41, 5.74) is 5.17. The minimum atomic E-state index is -0.349. The monoisotopic (exact) mass is 459 g/mol. The van der Waals surface area contributed by atoms with Crippen LogP contribution < -0.4 is 9.47 Å². The fourth-order valence-corrected chi connectivity index (χ4v) is 4.86. The standard InChI is InChI=1S/C30H21NO4/c1-3-25(32)35-23-15-13-18(16-24(23)34-2)29-28-27(20-10-6-7-11-21(20)30(28)33)26-19-9-5-4-8-17(19)12-14-22(26)31-29/h4-16H,3H2,1-2H3. The molecule has 0 saturated carbocycles. The van der Waals surface area contributed by atoms with E-state index in [4.69, 9.17) is 14.5 Å². The number of ether oxygens (including phenoxy) is 2. The van der Waals surface area contributed by atoms with Crippen molar-refractivity contribution >= 4 is 33.4 Å². The van der Waals surface area contributed by atoms with Gasteiger partial charge in [-0.1, -0.05) is 61.5 Å². The lowest BCUT2D eigenvalue weighted by molar-refractivity contribution is -0.134. The third kappa shape index (κ3) is 3.20. The lowest BCUT2D eigenvalue weighted by atomic mass is 9.93. The van der Waals surface area contributed by atoms with Gasteiger partial charge in [0, 0.05) is 28.5 Å². The van der Waals surface area contributed by atoms with Crippen LogP contribution in [0.1, 0.15) is 29.3 Å². The van der Waals surface area contributed by atoms with Crippen molar-refractivity contribution in [1.82, 2.24) is 4.98 Å². The largest absolute Gasteiger partial charge is 0.493 e. The van der Waals surface area contributed by atoms with E-state index in [1.807, 2.05) is 48.5 Å². The number of fused-ring (bicyclic) bond motifs is 7. The number of carbonyl (C=O) groups excluding carboxylic acids is 2. The average molecular weight is 460 g/mol. The third-order valence-electron chi connectivity index (χ3n) is 6.49. The number of pyridine rings is 1. The topological polar surface area (TPSA) is 65.5 Å². The molecule has 0 unspecified atom stereocenters. The summed E-state index contributed by atoms with van der Waals surface area (Å²) in [7, 11) is 1.52. The summed E-state index contributed by atoms with van der Waals surface area (Å²) in [6.45, 7) is 1.73. The summed E-state index contributed by atoms with van der Waals surface area (Å²) in [4.78, 5) is 30.6. The van der Waals surface area contributed by atoms with E-state index in [2.05, 4.69) is 18.2 Å². The number of aromatic nitrogens is 1. The number of nitrogens with zero attached hydrogens (tertiary/aromatic N) is 1. The third-order valence-corrected chi connectivity index (χ3v) is 6.49. The molecule has 6 rings (SSSR count). The molecule has 0 aliphatic heterocycles. The van der Waals surface area contributed by atoms with Crippen LogP contribution in [0, 0.1) is 0 Å². The Morgan fingerprint density at radius 3 is 2.43 bits per heavy atom. The Morgan fingerprint density at radius 2 is 1.63 bits per heavy atom. The molecule has 0 fully saturated rings. The lowest BCUT2D eigenvalue weighted by Crippen LogP contribution is -2.07. The molecule has 1 aliphatic carbocycles. The maximum Gasteiger partial charge on any atom is 0.311 e. The van der Waals surface area contributed by atoms with E-state index >= 15 is 0 Å². The molecule has 5 heteroatoms. The predicted octanol–water partition coefficient (Wildman–Crippen LogP) is 6.59. The van der Waals surface area contributed by atoms with E-state index in [-0.39, 0.29) is 18.2 Å². The summed E-state index contributed by atoms with van der Waals surface area (Å²) in [6.07, 6.45) is 0.255. The van der Waals surface area contributed by atoms with Crippen molar-refractivity contribution in [3.05, 3.63) is 90.0 Å². The maximum atomic E-state index is 13.7. The van der Waals surface area contributed by atoms with Crippen LogP contribution in [0.5, 0.6) is 11.5 Å². The number of rotatable bonds is 4. The van der Waals surface area contributed by atoms with Gasteiger partial charge in [0.15, 0.2) is 17.3 Å². The highest BCUT2D eigenvalue weighted by Gasteiger charge is 2.33. The average Bonchev–Trinajstić information content (AvgIpc) is 3.20. The maximum absolute atomic E-state index is 13.7. The van der Waals surface area contributed by atoms with Crippen molar-refractivity contribution in [2.45, 2.75) is 13.3 Å². The first-order chi connectivity index (χ1) is 17.1. The zero-order valence-corrected chi connectivity index (χ0v) is 19.3. The van der Waals surface area contributed by atoms with Crippen LogP contribution in [0.4, 0.5) is 0 Å². The molecular formula is C30H21NO4. The van der Waals surface area contributed by atoms with Gasteiger partial charge in [0.25, 0.3) is 0 Å². The van der Waals surface area contributed by atoms with Crippen LogP contribution in [0.2, 0.25) is 0 Å². The molecule has 35 heavy (non-hydrogen) atoms. The first-order valence-electron chi connectivity index (χ1n) is 11.5. The van der Waals surface area contributed by atoms with Crippen LogP contribution in [0.25, 0.3) is 44.1 Å². The van der Waals surface area contributed by atoms with Crippen LogP contribution in [-0.2, 0) is 4.79 Å². The first-order valence-corrected chi connectivity index (χ1v) is 11.5. The van der Waals surface area contributed by atoms with E-state index in [0.717, 1.165) is 32.8 Å². The Morgan fingerprint density at radius 1 is 0.857 bits per heavy atom. The second-order valence-corrected chi connectivity index (χ2v) is 8.46. The zero-order chi connectivity index (χ0) is 24.1. The van der Waals surface area contributed by atoms with Gasteiger partial charge in [0.1, 0.15) is 0 Å². The summed E-state index contributed by atoms with van der Waals surface area (Å²) >= 11 is 0. The smallest absolute Gasteiger partial charge is 0.311 e. The number of ketones is 1. The molecule has 4 aromatic carbocycles. The number of esters is 1. The molecule has 5 aromatic rings. The SMILES string of the molecule is CCC(=O)Oc1ccc(-c2nc3ccc4ccccc4c3c3c2C(=O)c2ccccc2-3)cc1OC. The molecular weight excluding hydrogens is 438 g/mol. The Labute approximate surface area is 201 Å². The molecule has 1 aromatic heterocycles. The molecule has 170 valence electrons. The van der Waals surface area contributed by atoms with Crippen molar-refractivity contribution in [1.29, 1.82) is 0 Å². The number of carbonyl (C=O) groups is 2. The van der Waals surface area contributed by atoms with Crippen molar-refractivity contribution in [2.75, 3.05) is 7.11 Å². The molecule has 1 aliphatic rings. The molecule has 5 nitrogen and oxygen atoms in total. The molecule has 1 heterocycles. The van der Waals surface area contributed by atoms with Gasteiger partial charge in [-0.15, -0.1) is 0 Å². The second-order valence-electron chi connectivity index (χ2n) is 8.46. The summed E-state index contributed by atoms with van der Waals surface area (Å²) in [5.74, 6) is 0.342. The summed E-state index contributed by atoms with van der Waals surface area (Å²) < 4.78 is 10.9. The van der Waals surface area contributed by atoms with Gasteiger partial charge in [-0.2, -0.15) is 0 Å².